The smallest absolute Gasteiger partial charge is 0.227 e. The van der Waals surface area contributed by atoms with Crippen LogP contribution in [0.3, 0.4) is 0 Å². The number of thiazole rings is 1. The summed E-state index contributed by atoms with van der Waals surface area (Å²) in [5.74, 6) is 0.109. The highest BCUT2D eigenvalue weighted by atomic mass is 32.1. The fourth-order valence-electron chi connectivity index (χ4n) is 1.82. The van der Waals surface area contributed by atoms with Gasteiger partial charge < -0.3 is 9.88 Å². The molecule has 0 fully saturated rings. The largest absolute Gasteiger partial charge is 0.341 e. The summed E-state index contributed by atoms with van der Waals surface area (Å²) < 4.78 is 0.728. The van der Waals surface area contributed by atoms with Gasteiger partial charge in [-0.3, -0.25) is 4.79 Å². The van der Waals surface area contributed by atoms with Crippen LogP contribution in [-0.2, 0) is 17.8 Å². The Morgan fingerprint density at radius 1 is 1.37 bits per heavy atom. The van der Waals surface area contributed by atoms with Gasteiger partial charge in [-0.1, -0.05) is 30.3 Å². The molecule has 0 aliphatic rings. The lowest BCUT2D eigenvalue weighted by Gasteiger charge is -2.17. The van der Waals surface area contributed by atoms with Gasteiger partial charge in [0.1, 0.15) is 0 Å². The number of hydrogen-bond donors (Lipinski definition) is 1. The second-order valence-electron chi connectivity index (χ2n) is 4.47. The van der Waals surface area contributed by atoms with Crippen LogP contribution in [0.5, 0.6) is 0 Å². The average Bonchev–Trinajstić information content (AvgIpc) is 2.69. The monoisotopic (exact) mass is 292 g/mol. The van der Waals surface area contributed by atoms with Crippen LogP contribution in [0.1, 0.15) is 16.1 Å². The van der Waals surface area contributed by atoms with E-state index in [1.54, 1.807) is 4.90 Å². The van der Waals surface area contributed by atoms with Crippen molar-refractivity contribution >= 4 is 29.5 Å². The molecule has 0 saturated heterocycles. The molecule has 3 nitrogen and oxygen atoms in total. The van der Waals surface area contributed by atoms with Crippen LogP contribution >= 0.6 is 23.6 Å². The first kappa shape index (κ1) is 14.0. The number of carbonyl (C=O) groups excluding carboxylic acids is 1. The van der Waals surface area contributed by atoms with Crippen LogP contribution in [0.2, 0.25) is 0 Å². The van der Waals surface area contributed by atoms with E-state index in [0.29, 0.717) is 13.0 Å². The zero-order valence-electron chi connectivity index (χ0n) is 11.0. The van der Waals surface area contributed by atoms with E-state index in [9.17, 15) is 4.79 Å². The van der Waals surface area contributed by atoms with Crippen LogP contribution in [0, 0.1) is 10.9 Å². The summed E-state index contributed by atoms with van der Waals surface area (Å²) in [6.45, 7) is 2.58. The van der Waals surface area contributed by atoms with E-state index in [1.807, 2.05) is 44.3 Å². The highest BCUT2D eigenvalue weighted by Crippen LogP contribution is 2.16. The second-order valence-corrected chi connectivity index (χ2v) is 6.25. The van der Waals surface area contributed by atoms with Crippen molar-refractivity contribution in [3.8, 4) is 0 Å². The Labute approximate surface area is 121 Å². The Morgan fingerprint density at radius 2 is 2.05 bits per heavy atom. The minimum Gasteiger partial charge on any atom is -0.341 e. The predicted octanol–water partition coefficient (Wildman–Crippen LogP) is 3.32. The van der Waals surface area contributed by atoms with Crippen LogP contribution in [-0.4, -0.2) is 22.8 Å². The lowest BCUT2D eigenvalue weighted by Crippen LogP contribution is -2.27. The van der Waals surface area contributed by atoms with Gasteiger partial charge in [-0.15, -0.1) is 11.3 Å². The molecule has 0 radical (unpaired) electrons. The average molecular weight is 292 g/mol. The van der Waals surface area contributed by atoms with Crippen molar-refractivity contribution in [3.05, 3.63) is 50.4 Å². The van der Waals surface area contributed by atoms with Gasteiger partial charge in [-0.2, -0.15) is 0 Å². The Hall–Kier alpha value is -1.46. The number of hydrogen-bond acceptors (Lipinski definition) is 3. The van der Waals surface area contributed by atoms with E-state index < -0.39 is 0 Å². The van der Waals surface area contributed by atoms with E-state index in [1.165, 1.54) is 11.3 Å². The minimum atomic E-state index is 0.109. The van der Waals surface area contributed by atoms with Crippen LogP contribution < -0.4 is 0 Å². The molecule has 5 heteroatoms. The van der Waals surface area contributed by atoms with E-state index in [2.05, 4.69) is 4.98 Å². The molecule has 0 aliphatic carbocycles. The maximum absolute atomic E-state index is 12.2. The Balaban J connectivity index is 2.00. The molecular weight excluding hydrogens is 276 g/mol. The molecule has 0 spiro atoms. The van der Waals surface area contributed by atoms with Crippen molar-refractivity contribution in [1.29, 1.82) is 0 Å². The van der Waals surface area contributed by atoms with Crippen molar-refractivity contribution in [3.63, 3.8) is 0 Å². The highest BCUT2D eigenvalue weighted by Gasteiger charge is 2.13. The lowest BCUT2D eigenvalue weighted by atomic mass is 10.2. The van der Waals surface area contributed by atoms with Crippen LogP contribution in [0.4, 0.5) is 0 Å². The number of benzene rings is 1. The Kier molecular flexibility index (Phi) is 4.50. The Bertz CT molecular complexity index is 616. The van der Waals surface area contributed by atoms with E-state index >= 15 is 0 Å². The van der Waals surface area contributed by atoms with Gasteiger partial charge in [0.25, 0.3) is 0 Å². The number of aryl methyl sites for hydroxylation is 1. The molecule has 0 atom stereocenters. The summed E-state index contributed by atoms with van der Waals surface area (Å²) >= 11 is 6.56. The summed E-state index contributed by atoms with van der Waals surface area (Å²) in [6, 6.07) is 9.98. The topological polar surface area (TPSA) is 36.1 Å². The first-order valence-electron chi connectivity index (χ1n) is 6.02. The number of rotatable bonds is 4. The third-order valence-electron chi connectivity index (χ3n) is 2.92. The summed E-state index contributed by atoms with van der Waals surface area (Å²) in [7, 11) is 1.83. The number of amides is 1. The minimum absolute atomic E-state index is 0.109. The zero-order valence-corrected chi connectivity index (χ0v) is 12.6. The summed E-state index contributed by atoms with van der Waals surface area (Å²) in [6.07, 6.45) is 0.410. The SMILES string of the molecule is Cc1[nH]c(=S)sc1CC(=O)N(C)Cc1ccccc1. The van der Waals surface area contributed by atoms with Crippen LogP contribution in [0.25, 0.3) is 0 Å². The number of aromatic nitrogens is 1. The molecule has 19 heavy (non-hydrogen) atoms. The van der Waals surface area contributed by atoms with E-state index in [-0.39, 0.29) is 5.91 Å². The Morgan fingerprint density at radius 3 is 2.63 bits per heavy atom. The van der Waals surface area contributed by atoms with E-state index in [4.69, 9.17) is 12.2 Å². The molecule has 1 aromatic carbocycles. The van der Waals surface area contributed by atoms with Gasteiger partial charge >= 0.3 is 0 Å². The molecule has 1 heterocycles. The van der Waals surface area contributed by atoms with Gasteiger partial charge in [-0.05, 0) is 24.7 Å². The van der Waals surface area contributed by atoms with Gasteiger partial charge in [0, 0.05) is 24.2 Å². The van der Waals surface area contributed by atoms with Crippen LogP contribution in [0.15, 0.2) is 30.3 Å². The predicted molar refractivity (Wildman–Crippen MR) is 80.9 cm³/mol. The van der Waals surface area contributed by atoms with Gasteiger partial charge in [0.15, 0.2) is 3.95 Å². The normalized spacial score (nSPS) is 10.4. The quantitative estimate of drug-likeness (QED) is 0.878. The van der Waals surface area contributed by atoms with Crippen molar-refractivity contribution in [1.82, 2.24) is 9.88 Å². The molecule has 2 rings (SSSR count). The fourth-order valence-corrected chi connectivity index (χ4v) is 3.11. The third kappa shape index (κ3) is 3.75. The maximum atomic E-state index is 12.2. The number of carbonyl (C=O) groups is 1. The van der Waals surface area contributed by atoms with Crippen molar-refractivity contribution < 1.29 is 4.79 Å². The molecule has 100 valence electrons. The molecule has 2 aromatic rings. The molecule has 0 saturated carbocycles. The number of H-pyrrole nitrogens is 1. The van der Waals surface area contributed by atoms with Crippen molar-refractivity contribution in [2.75, 3.05) is 7.05 Å². The lowest BCUT2D eigenvalue weighted by molar-refractivity contribution is -0.129. The summed E-state index contributed by atoms with van der Waals surface area (Å²) in [4.78, 5) is 18.0. The highest BCUT2D eigenvalue weighted by molar-refractivity contribution is 7.73. The van der Waals surface area contributed by atoms with E-state index in [0.717, 1.165) is 20.1 Å². The number of aromatic amines is 1. The van der Waals surface area contributed by atoms with Crippen molar-refractivity contribution in [2.45, 2.75) is 19.9 Å². The third-order valence-corrected chi connectivity index (χ3v) is 4.26. The standard InChI is InChI=1S/C14H16N2OS2/c1-10-12(19-14(18)15-10)8-13(17)16(2)9-11-6-4-3-5-7-11/h3-7H,8-9H2,1-2H3,(H,15,18). The molecular formula is C14H16N2OS2. The summed E-state index contributed by atoms with van der Waals surface area (Å²) in [5.41, 5.74) is 2.13. The van der Waals surface area contributed by atoms with Gasteiger partial charge in [-0.25, -0.2) is 0 Å². The summed E-state index contributed by atoms with van der Waals surface area (Å²) in [5, 5.41) is 0. The first-order valence-corrected chi connectivity index (χ1v) is 7.25. The molecule has 1 amide bonds. The maximum Gasteiger partial charge on any atom is 0.227 e. The molecule has 0 aliphatic heterocycles. The van der Waals surface area contributed by atoms with Gasteiger partial charge in [0.2, 0.25) is 5.91 Å². The number of nitrogens with zero attached hydrogens (tertiary/aromatic N) is 1. The first-order chi connectivity index (χ1) is 9.06. The molecule has 0 unspecified atom stereocenters. The molecule has 1 N–H and O–H groups in total. The zero-order chi connectivity index (χ0) is 13.8. The van der Waals surface area contributed by atoms with Crippen molar-refractivity contribution in [2.24, 2.45) is 0 Å². The number of nitrogens with one attached hydrogen (secondary N) is 1. The molecule has 0 bridgehead atoms. The fraction of sp³-hybridized carbons (Fsp3) is 0.286. The molecule has 1 aromatic heterocycles. The van der Waals surface area contributed by atoms with Gasteiger partial charge in [0.05, 0.1) is 6.42 Å². The number of likely N-dealkylation sites (N-methyl/N-ethyl adjacent to an activating group) is 1. The second kappa shape index (κ2) is 6.12.